The van der Waals surface area contributed by atoms with Gasteiger partial charge >= 0.3 is 0 Å². The van der Waals surface area contributed by atoms with E-state index in [1.807, 2.05) is 44.2 Å². The third-order valence-corrected chi connectivity index (χ3v) is 5.03. The maximum atomic E-state index is 12.9. The number of hydrogen-bond donors (Lipinski definition) is 0. The van der Waals surface area contributed by atoms with Gasteiger partial charge in [-0.15, -0.1) is 0 Å². The van der Waals surface area contributed by atoms with Crippen LogP contribution in [0.4, 0.5) is 11.4 Å². The Morgan fingerprint density at radius 3 is 2.42 bits per heavy atom. The van der Waals surface area contributed by atoms with Gasteiger partial charge in [0, 0.05) is 12.2 Å². The van der Waals surface area contributed by atoms with Crippen molar-refractivity contribution < 1.29 is 13.2 Å². The minimum atomic E-state index is -3.74. The van der Waals surface area contributed by atoms with E-state index >= 15 is 0 Å². The molecule has 0 unspecified atom stereocenters. The Morgan fingerprint density at radius 1 is 1.15 bits per heavy atom. The molecule has 0 radical (unpaired) electrons. The molecule has 0 bridgehead atoms. The van der Waals surface area contributed by atoms with E-state index < -0.39 is 10.0 Å². The number of para-hydroxylation sites is 1. The molecule has 0 atom stereocenters. The zero-order valence-corrected chi connectivity index (χ0v) is 15.8. The number of anilines is 2. The molecule has 2 aromatic rings. The first kappa shape index (κ1) is 19.5. The molecule has 136 valence electrons. The lowest BCUT2D eigenvalue weighted by Gasteiger charge is -2.27. The summed E-state index contributed by atoms with van der Waals surface area (Å²) in [4.78, 5) is 14.4. The van der Waals surface area contributed by atoms with Gasteiger partial charge in [-0.05, 0) is 43.7 Å². The normalized spacial score (nSPS) is 10.8. The summed E-state index contributed by atoms with van der Waals surface area (Å²) in [6, 6.07) is 15.8. The molecule has 1 amide bonds. The third kappa shape index (κ3) is 4.41. The first-order valence-corrected chi connectivity index (χ1v) is 9.96. The molecule has 0 aliphatic heterocycles. The van der Waals surface area contributed by atoms with Crippen molar-refractivity contribution in [2.75, 3.05) is 28.6 Å². The zero-order valence-electron chi connectivity index (χ0n) is 15.0. The average molecular weight is 371 g/mol. The summed E-state index contributed by atoms with van der Waals surface area (Å²) >= 11 is 0. The number of likely N-dealkylation sites (N-methyl/N-ethyl adjacent to an activating group) is 1. The second-order valence-electron chi connectivity index (χ2n) is 5.88. The third-order valence-electron chi connectivity index (χ3n) is 3.90. The number of rotatable bonds is 6. The summed E-state index contributed by atoms with van der Waals surface area (Å²) in [5.41, 5.74) is 2.11. The fraction of sp³-hybridized carbons (Fsp3) is 0.263. The summed E-state index contributed by atoms with van der Waals surface area (Å²) in [6.07, 6.45) is 1.03. The van der Waals surface area contributed by atoms with Gasteiger partial charge in [0.25, 0.3) is 0 Å². The lowest BCUT2D eigenvalue weighted by Crippen LogP contribution is -2.43. The van der Waals surface area contributed by atoms with Crippen molar-refractivity contribution in [3.8, 4) is 6.07 Å². The number of aryl methyl sites for hydroxylation is 1. The number of amides is 1. The second-order valence-corrected chi connectivity index (χ2v) is 7.78. The summed E-state index contributed by atoms with van der Waals surface area (Å²) in [5.74, 6) is -0.365. The number of nitrogens with zero attached hydrogens (tertiary/aromatic N) is 3. The molecule has 0 saturated carbocycles. The first-order chi connectivity index (χ1) is 12.3. The lowest BCUT2D eigenvalue weighted by atomic mass is 10.2. The van der Waals surface area contributed by atoms with Crippen LogP contribution < -0.4 is 9.21 Å². The molecular weight excluding hydrogens is 350 g/mol. The number of carbonyl (C=O) groups excluding carboxylic acids is 1. The SMILES string of the molecule is CCN(C(=O)CN(c1ccccc1C#N)S(C)(=O)=O)c1cccc(C)c1. The lowest BCUT2D eigenvalue weighted by molar-refractivity contribution is -0.117. The van der Waals surface area contributed by atoms with Crippen molar-refractivity contribution in [1.29, 1.82) is 5.26 Å². The molecule has 0 fully saturated rings. The molecule has 0 N–H and O–H groups in total. The Hall–Kier alpha value is -2.85. The zero-order chi connectivity index (χ0) is 19.3. The highest BCUT2D eigenvalue weighted by Gasteiger charge is 2.26. The second kappa shape index (κ2) is 8.02. The predicted octanol–water partition coefficient (Wildman–Crippen LogP) is 2.69. The van der Waals surface area contributed by atoms with Crippen LogP contribution in [0.2, 0.25) is 0 Å². The van der Waals surface area contributed by atoms with Crippen molar-refractivity contribution >= 4 is 27.3 Å². The molecule has 0 aromatic heterocycles. The standard InChI is InChI=1S/C19H21N3O3S/c1-4-21(17-10-7-8-15(2)12-17)19(23)14-22(26(3,24)25)18-11-6-5-9-16(18)13-20/h5-12H,4,14H2,1-3H3. The van der Waals surface area contributed by atoms with Crippen LogP contribution in [0, 0.1) is 18.3 Å². The molecule has 2 rings (SSSR count). The number of sulfonamides is 1. The minimum absolute atomic E-state index is 0.198. The highest BCUT2D eigenvalue weighted by atomic mass is 32.2. The van der Waals surface area contributed by atoms with Gasteiger partial charge < -0.3 is 4.90 Å². The van der Waals surface area contributed by atoms with Crippen LogP contribution in [0.3, 0.4) is 0 Å². The van der Waals surface area contributed by atoms with Gasteiger partial charge in [0.15, 0.2) is 0 Å². The summed E-state index contributed by atoms with van der Waals surface area (Å²) < 4.78 is 25.5. The van der Waals surface area contributed by atoms with Crippen molar-refractivity contribution in [2.45, 2.75) is 13.8 Å². The van der Waals surface area contributed by atoms with Crippen molar-refractivity contribution in [2.24, 2.45) is 0 Å². The Kier molecular flexibility index (Phi) is 6.01. The molecule has 0 aliphatic rings. The summed E-state index contributed by atoms with van der Waals surface area (Å²) in [6.45, 7) is 3.78. The van der Waals surface area contributed by atoms with E-state index in [0.29, 0.717) is 12.2 Å². The molecule has 2 aromatic carbocycles. The molecule has 0 heterocycles. The molecule has 7 heteroatoms. The van der Waals surface area contributed by atoms with E-state index in [0.717, 1.165) is 16.1 Å². The van der Waals surface area contributed by atoms with Crippen LogP contribution in [0.5, 0.6) is 0 Å². The van der Waals surface area contributed by atoms with E-state index in [1.54, 1.807) is 12.1 Å². The van der Waals surface area contributed by atoms with Crippen LogP contribution in [-0.4, -0.2) is 33.7 Å². The van der Waals surface area contributed by atoms with E-state index in [4.69, 9.17) is 0 Å². The largest absolute Gasteiger partial charge is 0.311 e. The van der Waals surface area contributed by atoms with Crippen LogP contribution in [-0.2, 0) is 14.8 Å². The fourth-order valence-corrected chi connectivity index (χ4v) is 3.54. The highest BCUT2D eigenvalue weighted by Crippen LogP contribution is 2.23. The predicted molar refractivity (Wildman–Crippen MR) is 103 cm³/mol. The van der Waals surface area contributed by atoms with Gasteiger partial charge in [0.1, 0.15) is 12.6 Å². The van der Waals surface area contributed by atoms with Gasteiger partial charge in [0.2, 0.25) is 15.9 Å². The molecule has 6 nitrogen and oxygen atoms in total. The van der Waals surface area contributed by atoms with Crippen molar-refractivity contribution in [3.63, 3.8) is 0 Å². The Bertz CT molecular complexity index is 948. The van der Waals surface area contributed by atoms with Crippen LogP contribution in [0.15, 0.2) is 48.5 Å². The van der Waals surface area contributed by atoms with Crippen LogP contribution in [0.1, 0.15) is 18.1 Å². The molecule has 26 heavy (non-hydrogen) atoms. The van der Waals surface area contributed by atoms with Gasteiger partial charge in [-0.25, -0.2) is 8.42 Å². The van der Waals surface area contributed by atoms with Gasteiger partial charge in [-0.1, -0.05) is 24.3 Å². The molecule has 0 saturated heterocycles. The number of carbonyl (C=O) groups is 1. The van der Waals surface area contributed by atoms with Crippen LogP contribution >= 0.6 is 0 Å². The van der Waals surface area contributed by atoms with Gasteiger partial charge in [0.05, 0.1) is 17.5 Å². The Morgan fingerprint density at radius 2 is 1.85 bits per heavy atom. The van der Waals surface area contributed by atoms with Gasteiger partial charge in [-0.3, -0.25) is 9.10 Å². The maximum Gasteiger partial charge on any atom is 0.247 e. The smallest absolute Gasteiger partial charge is 0.247 e. The Labute approximate surface area is 154 Å². The number of nitriles is 1. The average Bonchev–Trinajstić information content (AvgIpc) is 2.59. The topological polar surface area (TPSA) is 81.5 Å². The van der Waals surface area contributed by atoms with E-state index in [2.05, 4.69) is 0 Å². The monoisotopic (exact) mass is 371 g/mol. The summed E-state index contributed by atoms with van der Waals surface area (Å²) in [7, 11) is -3.74. The van der Waals surface area contributed by atoms with Gasteiger partial charge in [-0.2, -0.15) is 5.26 Å². The molecular formula is C19H21N3O3S. The number of benzene rings is 2. The van der Waals surface area contributed by atoms with Crippen LogP contribution in [0.25, 0.3) is 0 Å². The van der Waals surface area contributed by atoms with E-state index in [-0.39, 0.29) is 23.7 Å². The van der Waals surface area contributed by atoms with Crippen molar-refractivity contribution in [1.82, 2.24) is 0 Å². The summed E-state index contributed by atoms with van der Waals surface area (Å²) in [5, 5.41) is 9.26. The van der Waals surface area contributed by atoms with E-state index in [9.17, 15) is 18.5 Å². The van der Waals surface area contributed by atoms with E-state index in [1.165, 1.54) is 17.0 Å². The quantitative estimate of drug-likeness (QED) is 0.782. The van der Waals surface area contributed by atoms with Crippen molar-refractivity contribution in [3.05, 3.63) is 59.7 Å². The minimum Gasteiger partial charge on any atom is -0.311 e. The Balaban J connectivity index is 2.40. The molecule has 0 aliphatic carbocycles. The molecule has 0 spiro atoms. The maximum absolute atomic E-state index is 12.9. The first-order valence-electron chi connectivity index (χ1n) is 8.11. The number of hydrogen-bond acceptors (Lipinski definition) is 4. The highest BCUT2D eigenvalue weighted by molar-refractivity contribution is 7.92. The fourth-order valence-electron chi connectivity index (χ4n) is 2.67.